The lowest BCUT2D eigenvalue weighted by atomic mass is 10.1. The van der Waals surface area contributed by atoms with Crippen molar-refractivity contribution in [1.29, 1.82) is 0 Å². The number of fused-ring (bicyclic) bond motifs is 1. The maximum Gasteiger partial charge on any atom is 0.307 e. The van der Waals surface area contributed by atoms with Crippen LogP contribution in [0.5, 0.6) is 11.5 Å². The molecule has 0 fully saturated rings. The van der Waals surface area contributed by atoms with E-state index in [0.29, 0.717) is 22.2 Å². The van der Waals surface area contributed by atoms with Crippen molar-refractivity contribution < 1.29 is 24.2 Å². The highest BCUT2D eigenvalue weighted by molar-refractivity contribution is 6.30. The summed E-state index contributed by atoms with van der Waals surface area (Å²) in [6, 6.07) is 13.9. The number of hydrogen-bond acceptors (Lipinski definition) is 4. The van der Waals surface area contributed by atoms with Crippen LogP contribution in [0.15, 0.2) is 48.5 Å². The Hall–Kier alpha value is -2.73. The molecule has 1 N–H and O–H groups in total. The summed E-state index contributed by atoms with van der Waals surface area (Å²) in [6.45, 7) is 0.527. The van der Waals surface area contributed by atoms with Gasteiger partial charge in [0.25, 0.3) is 5.91 Å². The second kappa shape index (κ2) is 7.44. The maximum atomic E-state index is 12.6. The summed E-state index contributed by atoms with van der Waals surface area (Å²) in [5.74, 6) is -0.351. The number of hydrogen-bond donors (Lipinski definition) is 1. The van der Waals surface area contributed by atoms with Gasteiger partial charge in [0, 0.05) is 5.02 Å². The average Bonchev–Trinajstić information content (AvgIpc) is 2.59. The van der Waals surface area contributed by atoms with Gasteiger partial charge in [0.2, 0.25) is 0 Å². The Morgan fingerprint density at radius 3 is 2.64 bits per heavy atom. The van der Waals surface area contributed by atoms with Gasteiger partial charge in [-0.05, 0) is 36.4 Å². The Morgan fingerprint density at radius 2 is 1.92 bits per heavy atom. The van der Waals surface area contributed by atoms with E-state index in [-0.39, 0.29) is 25.5 Å². The molecule has 0 saturated carbocycles. The highest BCUT2D eigenvalue weighted by atomic mass is 35.5. The van der Waals surface area contributed by atoms with Crippen molar-refractivity contribution in [1.82, 2.24) is 0 Å². The van der Waals surface area contributed by atoms with Crippen LogP contribution in [0.3, 0.4) is 0 Å². The Balaban J connectivity index is 1.72. The van der Waals surface area contributed by atoms with Gasteiger partial charge in [0.1, 0.15) is 18.1 Å². The number of benzene rings is 2. The average molecular weight is 362 g/mol. The van der Waals surface area contributed by atoms with Gasteiger partial charge in [-0.1, -0.05) is 23.7 Å². The molecule has 1 atom stereocenters. The fourth-order valence-electron chi connectivity index (χ4n) is 2.58. The SMILES string of the molecule is O=C(O)C[C@@H]1Oc2ccccc2N(CCOc2ccc(Cl)cc2)C1=O. The lowest BCUT2D eigenvalue weighted by molar-refractivity contribution is -0.142. The molecule has 3 rings (SSSR count). The Kier molecular flexibility index (Phi) is 5.09. The van der Waals surface area contributed by atoms with Gasteiger partial charge in [0.05, 0.1) is 18.7 Å². The molecule has 0 aliphatic carbocycles. The first-order valence-electron chi connectivity index (χ1n) is 7.72. The van der Waals surface area contributed by atoms with Crippen LogP contribution in [0.1, 0.15) is 6.42 Å². The molecule has 0 radical (unpaired) electrons. The monoisotopic (exact) mass is 361 g/mol. The van der Waals surface area contributed by atoms with E-state index in [0.717, 1.165) is 0 Å². The molecule has 0 spiro atoms. The summed E-state index contributed by atoms with van der Waals surface area (Å²) in [6.07, 6.45) is -1.43. The van der Waals surface area contributed by atoms with Crippen LogP contribution in [0.2, 0.25) is 5.02 Å². The lowest BCUT2D eigenvalue weighted by Gasteiger charge is -2.33. The fourth-order valence-corrected chi connectivity index (χ4v) is 2.71. The van der Waals surface area contributed by atoms with E-state index in [4.69, 9.17) is 26.2 Å². The van der Waals surface area contributed by atoms with Gasteiger partial charge in [0.15, 0.2) is 6.10 Å². The summed E-state index contributed by atoms with van der Waals surface area (Å²) in [5, 5.41) is 9.59. The molecule has 25 heavy (non-hydrogen) atoms. The molecule has 2 aromatic rings. The zero-order valence-electron chi connectivity index (χ0n) is 13.2. The smallest absolute Gasteiger partial charge is 0.307 e. The molecule has 130 valence electrons. The van der Waals surface area contributed by atoms with Gasteiger partial charge in [-0.25, -0.2) is 0 Å². The minimum atomic E-state index is -1.09. The number of rotatable bonds is 6. The zero-order chi connectivity index (χ0) is 17.8. The number of ether oxygens (including phenoxy) is 2. The second-order valence-corrected chi connectivity index (χ2v) is 5.90. The number of carbonyl (C=O) groups is 2. The van der Waals surface area contributed by atoms with Crippen LogP contribution >= 0.6 is 11.6 Å². The molecule has 0 bridgehead atoms. The van der Waals surface area contributed by atoms with E-state index in [1.54, 1.807) is 48.5 Å². The van der Waals surface area contributed by atoms with E-state index in [1.807, 2.05) is 0 Å². The molecule has 0 saturated heterocycles. The van der Waals surface area contributed by atoms with Crippen LogP contribution in [0, 0.1) is 0 Å². The molecular weight excluding hydrogens is 346 g/mol. The summed E-state index contributed by atoms with van der Waals surface area (Å²) in [5.41, 5.74) is 0.605. The molecule has 1 aliphatic heterocycles. The predicted molar refractivity (Wildman–Crippen MR) is 92.4 cm³/mol. The number of carbonyl (C=O) groups excluding carboxylic acids is 1. The van der Waals surface area contributed by atoms with Crippen molar-refractivity contribution >= 4 is 29.2 Å². The minimum Gasteiger partial charge on any atom is -0.492 e. The first-order chi connectivity index (χ1) is 12.0. The number of anilines is 1. The summed E-state index contributed by atoms with van der Waals surface area (Å²) in [4.78, 5) is 25.0. The van der Waals surface area contributed by atoms with Crippen molar-refractivity contribution in [2.24, 2.45) is 0 Å². The number of para-hydroxylation sites is 2. The van der Waals surface area contributed by atoms with E-state index in [9.17, 15) is 9.59 Å². The molecule has 1 aliphatic rings. The van der Waals surface area contributed by atoms with Crippen molar-refractivity contribution in [3.05, 3.63) is 53.6 Å². The third-order valence-corrected chi connectivity index (χ3v) is 3.98. The quantitative estimate of drug-likeness (QED) is 0.856. The molecule has 1 amide bonds. The number of carboxylic acids is 1. The second-order valence-electron chi connectivity index (χ2n) is 5.46. The van der Waals surface area contributed by atoms with Gasteiger partial charge in [-0.15, -0.1) is 0 Å². The van der Waals surface area contributed by atoms with Crippen LogP contribution < -0.4 is 14.4 Å². The van der Waals surface area contributed by atoms with Gasteiger partial charge >= 0.3 is 5.97 Å². The zero-order valence-corrected chi connectivity index (χ0v) is 14.0. The largest absolute Gasteiger partial charge is 0.492 e. The van der Waals surface area contributed by atoms with E-state index in [1.165, 1.54) is 4.90 Å². The number of nitrogens with zero attached hydrogens (tertiary/aromatic N) is 1. The number of carboxylic acid groups (broad SMARTS) is 1. The normalized spacial score (nSPS) is 16.1. The molecule has 0 unspecified atom stereocenters. The van der Waals surface area contributed by atoms with E-state index >= 15 is 0 Å². The van der Waals surface area contributed by atoms with Crippen molar-refractivity contribution in [2.75, 3.05) is 18.1 Å². The van der Waals surface area contributed by atoms with Crippen molar-refractivity contribution in [3.63, 3.8) is 0 Å². The maximum absolute atomic E-state index is 12.6. The fraction of sp³-hybridized carbons (Fsp3) is 0.222. The number of aliphatic carboxylic acids is 1. The molecule has 0 aromatic heterocycles. The highest BCUT2D eigenvalue weighted by Gasteiger charge is 2.35. The van der Waals surface area contributed by atoms with E-state index < -0.39 is 12.1 Å². The topological polar surface area (TPSA) is 76.1 Å². The summed E-state index contributed by atoms with van der Waals surface area (Å²) >= 11 is 5.83. The molecule has 7 heteroatoms. The van der Waals surface area contributed by atoms with Crippen LogP contribution in [0.4, 0.5) is 5.69 Å². The van der Waals surface area contributed by atoms with Crippen LogP contribution in [-0.2, 0) is 9.59 Å². The molecular formula is C18H16ClNO5. The Bertz CT molecular complexity index is 777. The minimum absolute atomic E-state index is 0.251. The van der Waals surface area contributed by atoms with Crippen molar-refractivity contribution in [3.8, 4) is 11.5 Å². The van der Waals surface area contributed by atoms with Crippen LogP contribution in [-0.4, -0.2) is 36.2 Å². The molecule has 6 nitrogen and oxygen atoms in total. The highest BCUT2D eigenvalue weighted by Crippen LogP contribution is 2.34. The predicted octanol–water partition coefficient (Wildman–Crippen LogP) is 2.99. The standard InChI is InChI=1S/C18H16ClNO5/c19-12-5-7-13(8-6-12)24-10-9-20-14-3-1-2-4-15(14)25-16(18(20)23)11-17(21)22/h1-8,16H,9-11H2,(H,21,22)/t16-/m0/s1. The first kappa shape index (κ1) is 17.1. The lowest BCUT2D eigenvalue weighted by Crippen LogP contribution is -2.48. The molecule has 2 aromatic carbocycles. The van der Waals surface area contributed by atoms with Gasteiger partial charge in [-0.3, -0.25) is 9.59 Å². The summed E-state index contributed by atoms with van der Waals surface area (Å²) in [7, 11) is 0. The Morgan fingerprint density at radius 1 is 1.20 bits per heavy atom. The number of halogens is 1. The first-order valence-corrected chi connectivity index (χ1v) is 8.09. The third kappa shape index (κ3) is 4.03. The Labute approximate surface area is 149 Å². The van der Waals surface area contributed by atoms with Crippen LogP contribution in [0.25, 0.3) is 0 Å². The molecule has 1 heterocycles. The van der Waals surface area contributed by atoms with Crippen molar-refractivity contribution in [2.45, 2.75) is 12.5 Å². The van der Waals surface area contributed by atoms with E-state index in [2.05, 4.69) is 0 Å². The number of amides is 1. The van der Waals surface area contributed by atoms with Gasteiger partial charge < -0.3 is 19.5 Å². The van der Waals surface area contributed by atoms with Gasteiger partial charge in [-0.2, -0.15) is 0 Å². The summed E-state index contributed by atoms with van der Waals surface area (Å²) < 4.78 is 11.2. The third-order valence-electron chi connectivity index (χ3n) is 3.72.